The predicted molar refractivity (Wildman–Crippen MR) is 67.5 cm³/mol. The van der Waals surface area contributed by atoms with Crippen LogP contribution in [-0.2, 0) is 4.74 Å². The second-order valence-corrected chi connectivity index (χ2v) is 3.77. The summed E-state index contributed by atoms with van der Waals surface area (Å²) >= 11 is 0. The normalized spacial score (nSPS) is 10.4. The third-order valence-electron chi connectivity index (χ3n) is 2.64. The molecule has 1 rings (SSSR count). The lowest BCUT2D eigenvalue weighted by molar-refractivity contribution is 0.0698. The number of carboxylic acid groups (broad SMARTS) is 1. The molecule has 5 nitrogen and oxygen atoms in total. The highest BCUT2D eigenvalue weighted by molar-refractivity contribution is 5.95. The summed E-state index contributed by atoms with van der Waals surface area (Å²) < 4.78 is 18.7. The van der Waals surface area contributed by atoms with Crippen LogP contribution in [0.1, 0.15) is 17.3 Å². The first-order valence-electron chi connectivity index (χ1n) is 5.57. The van der Waals surface area contributed by atoms with E-state index in [1.165, 1.54) is 6.07 Å². The van der Waals surface area contributed by atoms with E-state index in [4.69, 9.17) is 15.6 Å². The number of aromatic carboxylic acids is 1. The predicted octanol–water partition coefficient (Wildman–Crippen LogP) is 1.58. The quantitative estimate of drug-likeness (QED) is 0.756. The summed E-state index contributed by atoms with van der Waals surface area (Å²) in [7, 11) is 1.55. The molecule has 0 unspecified atom stereocenters. The molecule has 18 heavy (non-hydrogen) atoms. The van der Waals surface area contributed by atoms with Crippen molar-refractivity contribution in [2.45, 2.75) is 6.92 Å². The number of ether oxygens (including phenoxy) is 1. The van der Waals surface area contributed by atoms with Crippen molar-refractivity contribution in [3.63, 3.8) is 0 Å². The fourth-order valence-corrected chi connectivity index (χ4v) is 1.66. The first kappa shape index (κ1) is 14.2. The highest BCUT2D eigenvalue weighted by Crippen LogP contribution is 2.25. The minimum atomic E-state index is -1.17. The molecule has 1 aromatic carbocycles. The van der Waals surface area contributed by atoms with Crippen LogP contribution < -0.4 is 10.6 Å². The Kier molecular flexibility index (Phi) is 4.91. The number of likely N-dealkylation sites (N-methyl/N-ethyl adjacent to an activating group) is 1. The Hall–Kier alpha value is -1.82. The average molecular weight is 256 g/mol. The molecule has 0 bridgehead atoms. The van der Waals surface area contributed by atoms with Crippen LogP contribution in [0.3, 0.4) is 0 Å². The van der Waals surface area contributed by atoms with E-state index >= 15 is 0 Å². The largest absolute Gasteiger partial charge is 0.478 e. The van der Waals surface area contributed by atoms with Crippen molar-refractivity contribution in [2.24, 2.45) is 0 Å². The molecule has 6 heteroatoms. The molecule has 0 radical (unpaired) electrons. The molecular formula is C12H17FN2O3. The van der Waals surface area contributed by atoms with Gasteiger partial charge in [-0.2, -0.15) is 0 Å². The van der Waals surface area contributed by atoms with E-state index in [1.807, 2.05) is 6.92 Å². The first-order chi connectivity index (χ1) is 8.51. The summed E-state index contributed by atoms with van der Waals surface area (Å²) in [6.07, 6.45) is 0. The van der Waals surface area contributed by atoms with Crippen molar-refractivity contribution in [3.05, 3.63) is 23.5 Å². The van der Waals surface area contributed by atoms with Crippen molar-refractivity contribution in [2.75, 3.05) is 37.4 Å². The number of carbonyl (C=O) groups is 1. The third-order valence-corrected chi connectivity index (χ3v) is 2.64. The summed E-state index contributed by atoms with van der Waals surface area (Å²) in [5, 5.41) is 8.97. The second kappa shape index (κ2) is 6.20. The van der Waals surface area contributed by atoms with Crippen LogP contribution in [0.5, 0.6) is 0 Å². The van der Waals surface area contributed by atoms with Gasteiger partial charge in [0.25, 0.3) is 0 Å². The van der Waals surface area contributed by atoms with Crippen molar-refractivity contribution < 1.29 is 19.0 Å². The molecule has 0 saturated heterocycles. The van der Waals surface area contributed by atoms with Gasteiger partial charge in [0.1, 0.15) is 5.82 Å². The Bertz CT molecular complexity index is 438. The molecule has 0 amide bonds. The van der Waals surface area contributed by atoms with Crippen molar-refractivity contribution in [3.8, 4) is 0 Å². The zero-order valence-corrected chi connectivity index (χ0v) is 10.4. The Labute approximate surface area is 105 Å². The highest BCUT2D eigenvalue weighted by atomic mass is 19.1. The Balaban J connectivity index is 3.13. The van der Waals surface area contributed by atoms with E-state index in [0.717, 1.165) is 6.07 Å². The molecule has 0 saturated carbocycles. The van der Waals surface area contributed by atoms with Gasteiger partial charge in [-0.3, -0.25) is 0 Å². The smallest absolute Gasteiger partial charge is 0.337 e. The number of methoxy groups -OCH3 is 1. The van der Waals surface area contributed by atoms with Crippen LogP contribution in [0.25, 0.3) is 0 Å². The molecular weight excluding hydrogens is 239 g/mol. The Morgan fingerprint density at radius 2 is 2.22 bits per heavy atom. The van der Waals surface area contributed by atoms with Gasteiger partial charge in [0.2, 0.25) is 0 Å². The lowest BCUT2D eigenvalue weighted by Gasteiger charge is -2.23. The van der Waals surface area contributed by atoms with E-state index in [9.17, 15) is 9.18 Å². The summed E-state index contributed by atoms with van der Waals surface area (Å²) in [4.78, 5) is 12.7. The number of benzene rings is 1. The zero-order chi connectivity index (χ0) is 13.7. The number of nitrogens with zero attached hydrogens (tertiary/aromatic N) is 1. The zero-order valence-electron chi connectivity index (χ0n) is 10.4. The fraction of sp³-hybridized carbons (Fsp3) is 0.417. The van der Waals surface area contributed by atoms with Crippen LogP contribution in [-0.4, -0.2) is 37.9 Å². The molecule has 0 aliphatic rings. The Morgan fingerprint density at radius 1 is 1.56 bits per heavy atom. The molecule has 0 aliphatic carbocycles. The summed E-state index contributed by atoms with van der Waals surface area (Å²) in [6, 6.07) is 2.29. The minimum absolute atomic E-state index is 0.0773. The number of hydrogen-bond acceptors (Lipinski definition) is 4. The van der Waals surface area contributed by atoms with Crippen molar-refractivity contribution in [1.29, 1.82) is 0 Å². The van der Waals surface area contributed by atoms with Gasteiger partial charge in [-0.1, -0.05) is 0 Å². The second-order valence-electron chi connectivity index (χ2n) is 3.77. The highest BCUT2D eigenvalue weighted by Gasteiger charge is 2.16. The lowest BCUT2D eigenvalue weighted by atomic mass is 10.1. The molecule has 1 aromatic rings. The van der Waals surface area contributed by atoms with E-state index in [1.54, 1.807) is 12.0 Å². The van der Waals surface area contributed by atoms with Gasteiger partial charge in [0, 0.05) is 25.9 Å². The fourth-order valence-electron chi connectivity index (χ4n) is 1.66. The minimum Gasteiger partial charge on any atom is -0.478 e. The lowest BCUT2D eigenvalue weighted by Crippen LogP contribution is -2.28. The average Bonchev–Trinajstić information content (AvgIpc) is 2.31. The van der Waals surface area contributed by atoms with Crippen LogP contribution in [0.4, 0.5) is 15.8 Å². The van der Waals surface area contributed by atoms with Gasteiger partial charge in [-0.05, 0) is 19.1 Å². The summed E-state index contributed by atoms with van der Waals surface area (Å²) in [6.45, 7) is 3.31. The number of nitrogen functional groups attached to an aromatic ring is 1. The maximum Gasteiger partial charge on any atom is 0.337 e. The topological polar surface area (TPSA) is 75.8 Å². The molecule has 0 atom stereocenters. The van der Waals surface area contributed by atoms with Crippen molar-refractivity contribution in [1.82, 2.24) is 0 Å². The number of hydrogen-bond donors (Lipinski definition) is 2. The van der Waals surface area contributed by atoms with Gasteiger partial charge in [0.15, 0.2) is 0 Å². The molecule has 0 spiro atoms. The standard InChI is InChI=1S/C12H17FN2O3/c1-3-15(4-5-18-2)11-6-8(12(16)17)10(14)7-9(11)13/h6-7H,3-5,14H2,1-2H3,(H,16,17). The molecule has 100 valence electrons. The van der Waals surface area contributed by atoms with Gasteiger partial charge in [0.05, 0.1) is 17.9 Å². The molecule has 0 heterocycles. The SMILES string of the molecule is CCN(CCOC)c1cc(C(=O)O)c(N)cc1F. The van der Waals surface area contributed by atoms with E-state index in [-0.39, 0.29) is 16.9 Å². The van der Waals surface area contributed by atoms with Crippen LogP contribution >= 0.6 is 0 Å². The first-order valence-corrected chi connectivity index (χ1v) is 5.57. The molecule has 0 aromatic heterocycles. The maximum absolute atomic E-state index is 13.8. The molecule has 0 fully saturated rings. The van der Waals surface area contributed by atoms with Gasteiger partial charge < -0.3 is 20.5 Å². The summed E-state index contributed by atoms with van der Waals surface area (Å²) in [5.74, 6) is -1.70. The van der Waals surface area contributed by atoms with E-state index < -0.39 is 11.8 Å². The third kappa shape index (κ3) is 3.10. The van der Waals surface area contributed by atoms with Crippen LogP contribution in [0.15, 0.2) is 12.1 Å². The number of halogens is 1. The van der Waals surface area contributed by atoms with E-state index in [0.29, 0.717) is 19.7 Å². The number of carboxylic acids is 1. The van der Waals surface area contributed by atoms with Crippen LogP contribution in [0, 0.1) is 5.82 Å². The van der Waals surface area contributed by atoms with Gasteiger partial charge in [-0.25, -0.2) is 9.18 Å². The van der Waals surface area contributed by atoms with Gasteiger partial charge >= 0.3 is 5.97 Å². The summed E-state index contributed by atoms with van der Waals surface area (Å²) in [5.41, 5.74) is 5.52. The molecule has 0 aliphatic heterocycles. The maximum atomic E-state index is 13.8. The number of nitrogens with two attached hydrogens (primary N) is 1. The Morgan fingerprint density at radius 3 is 2.72 bits per heavy atom. The van der Waals surface area contributed by atoms with Crippen LogP contribution in [0.2, 0.25) is 0 Å². The molecule has 3 N–H and O–H groups in total. The number of anilines is 2. The van der Waals surface area contributed by atoms with E-state index in [2.05, 4.69) is 0 Å². The van der Waals surface area contributed by atoms with Gasteiger partial charge in [-0.15, -0.1) is 0 Å². The number of rotatable bonds is 6. The van der Waals surface area contributed by atoms with Crippen molar-refractivity contribution >= 4 is 17.3 Å². The monoisotopic (exact) mass is 256 g/mol.